The molecule has 0 bridgehead atoms. The van der Waals surface area contributed by atoms with Crippen molar-refractivity contribution in [2.24, 2.45) is 11.3 Å². The van der Waals surface area contributed by atoms with Crippen molar-refractivity contribution < 1.29 is 14.6 Å². The van der Waals surface area contributed by atoms with Crippen molar-refractivity contribution in [2.75, 3.05) is 33.4 Å². The summed E-state index contributed by atoms with van der Waals surface area (Å²) in [5.74, 6) is -0.857. The lowest BCUT2D eigenvalue weighted by Gasteiger charge is -2.38. The molecule has 2 unspecified atom stereocenters. The Morgan fingerprint density at radius 1 is 1.64 bits per heavy atom. The first-order valence-corrected chi connectivity index (χ1v) is 5.13. The Balaban J connectivity index is 2.17. The van der Waals surface area contributed by atoms with Crippen LogP contribution < -0.4 is 0 Å². The van der Waals surface area contributed by atoms with Gasteiger partial charge < -0.3 is 14.7 Å². The van der Waals surface area contributed by atoms with Gasteiger partial charge in [0.25, 0.3) is 0 Å². The smallest absolute Gasteiger partial charge is 0.307 e. The number of carbonyl (C=O) groups is 1. The highest BCUT2D eigenvalue weighted by Gasteiger charge is 2.48. The molecule has 0 aromatic rings. The molecule has 0 radical (unpaired) electrons. The first-order valence-electron chi connectivity index (χ1n) is 5.13. The van der Waals surface area contributed by atoms with Crippen LogP contribution >= 0.6 is 0 Å². The van der Waals surface area contributed by atoms with Crippen molar-refractivity contribution in [3.05, 3.63) is 0 Å². The van der Waals surface area contributed by atoms with Crippen LogP contribution in [0, 0.1) is 11.3 Å². The summed E-state index contributed by atoms with van der Waals surface area (Å²) in [6, 6.07) is 0. The zero-order valence-corrected chi connectivity index (χ0v) is 8.53. The standard InChI is InChI=1S/C10H17NO3/c1-11-4-3-10(6-11)7-14-5-2-8(10)9(12)13/h8H,2-7H2,1H3,(H,12,13). The highest BCUT2D eigenvalue weighted by molar-refractivity contribution is 5.71. The van der Waals surface area contributed by atoms with E-state index in [1.54, 1.807) is 0 Å². The van der Waals surface area contributed by atoms with Gasteiger partial charge in [0.1, 0.15) is 0 Å². The normalized spacial score (nSPS) is 39.1. The molecule has 0 amide bonds. The van der Waals surface area contributed by atoms with Crippen LogP contribution in [0.5, 0.6) is 0 Å². The first kappa shape index (κ1) is 9.93. The maximum Gasteiger partial charge on any atom is 0.307 e. The minimum absolute atomic E-state index is 0.112. The van der Waals surface area contributed by atoms with Gasteiger partial charge in [0.2, 0.25) is 0 Å². The van der Waals surface area contributed by atoms with Crippen molar-refractivity contribution in [3.8, 4) is 0 Å². The molecule has 1 N–H and O–H groups in total. The van der Waals surface area contributed by atoms with Gasteiger partial charge in [-0.2, -0.15) is 0 Å². The third-order valence-electron chi connectivity index (χ3n) is 3.55. The largest absolute Gasteiger partial charge is 0.481 e. The van der Waals surface area contributed by atoms with Crippen LogP contribution in [0.1, 0.15) is 12.8 Å². The third-order valence-corrected chi connectivity index (χ3v) is 3.55. The maximum atomic E-state index is 11.1. The van der Waals surface area contributed by atoms with Crippen LogP contribution in [0.3, 0.4) is 0 Å². The van der Waals surface area contributed by atoms with E-state index in [4.69, 9.17) is 4.74 Å². The molecule has 2 atom stereocenters. The Kier molecular flexibility index (Phi) is 2.49. The molecule has 0 aliphatic carbocycles. The molecular weight excluding hydrogens is 182 g/mol. The number of carboxylic acids is 1. The molecule has 2 saturated heterocycles. The van der Waals surface area contributed by atoms with E-state index >= 15 is 0 Å². The second kappa shape index (κ2) is 3.51. The van der Waals surface area contributed by atoms with Crippen LogP contribution in [0.25, 0.3) is 0 Å². The highest BCUT2D eigenvalue weighted by atomic mass is 16.5. The summed E-state index contributed by atoms with van der Waals surface area (Å²) in [5, 5.41) is 9.18. The fourth-order valence-electron chi connectivity index (χ4n) is 2.78. The van der Waals surface area contributed by atoms with Gasteiger partial charge in [-0.05, 0) is 26.4 Å². The number of rotatable bonds is 1. The van der Waals surface area contributed by atoms with E-state index in [2.05, 4.69) is 4.90 Å². The zero-order valence-electron chi connectivity index (χ0n) is 8.53. The van der Waals surface area contributed by atoms with E-state index in [0.717, 1.165) is 19.5 Å². The lowest BCUT2D eigenvalue weighted by Crippen LogP contribution is -2.45. The van der Waals surface area contributed by atoms with Gasteiger partial charge in [0.15, 0.2) is 0 Å². The Hall–Kier alpha value is -0.610. The second-order valence-electron chi connectivity index (χ2n) is 4.58. The lowest BCUT2D eigenvalue weighted by molar-refractivity contribution is -0.154. The summed E-state index contributed by atoms with van der Waals surface area (Å²) in [4.78, 5) is 13.3. The Morgan fingerprint density at radius 3 is 3.00 bits per heavy atom. The van der Waals surface area contributed by atoms with Crippen LogP contribution in [0.4, 0.5) is 0 Å². The van der Waals surface area contributed by atoms with E-state index in [9.17, 15) is 9.90 Å². The summed E-state index contributed by atoms with van der Waals surface area (Å²) in [7, 11) is 2.04. The topological polar surface area (TPSA) is 49.8 Å². The number of aliphatic carboxylic acids is 1. The summed E-state index contributed by atoms with van der Waals surface area (Å²) in [6.45, 7) is 3.08. The molecule has 0 saturated carbocycles. The summed E-state index contributed by atoms with van der Waals surface area (Å²) in [5.41, 5.74) is -0.112. The number of ether oxygens (including phenoxy) is 1. The Labute approximate surface area is 83.8 Å². The number of hydrogen-bond acceptors (Lipinski definition) is 3. The molecule has 1 spiro atoms. The van der Waals surface area contributed by atoms with Crippen LogP contribution in [0.2, 0.25) is 0 Å². The monoisotopic (exact) mass is 199 g/mol. The number of nitrogens with zero attached hydrogens (tertiary/aromatic N) is 1. The van der Waals surface area contributed by atoms with Gasteiger partial charge in [0, 0.05) is 18.6 Å². The van der Waals surface area contributed by atoms with Gasteiger partial charge in [0.05, 0.1) is 12.5 Å². The average molecular weight is 199 g/mol. The van der Waals surface area contributed by atoms with Crippen molar-refractivity contribution in [2.45, 2.75) is 12.8 Å². The van der Waals surface area contributed by atoms with E-state index in [1.807, 2.05) is 7.05 Å². The van der Waals surface area contributed by atoms with Crippen LogP contribution in [-0.2, 0) is 9.53 Å². The molecule has 2 aliphatic heterocycles. The predicted octanol–water partition coefficient (Wildman–Crippen LogP) is 0.429. The average Bonchev–Trinajstić information content (AvgIpc) is 2.48. The van der Waals surface area contributed by atoms with E-state index in [1.165, 1.54) is 0 Å². The third kappa shape index (κ3) is 1.53. The molecule has 0 aromatic heterocycles. The van der Waals surface area contributed by atoms with Gasteiger partial charge >= 0.3 is 5.97 Å². The van der Waals surface area contributed by atoms with Crippen molar-refractivity contribution >= 4 is 5.97 Å². The number of hydrogen-bond donors (Lipinski definition) is 1. The second-order valence-corrected chi connectivity index (χ2v) is 4.58. The van der Waals surface area contributed by atoms with Crippen molar-refractivity contribution in [1.82, 2.24) is 4.90 Å². The first-order chi connectivity index (χ1) is 6.64. The molecule has 14 heavy (non-hydrogen) atoms. The van der Waals surface area contributed by atoms with Gasteiger partial charge in [-0.15, -0.1) is 0 Å². The number of likely N-dealkylation sites (tertiary alicyclic amines) is 1. The zero-order chi connectivity index (χ0) is 10.2. The highest BCUT2D eigenvalue weighted by Crippen LogP contribution is 2.42. The number of carboxylic acid groups (broad SMARTS) is 1. The maximum absolute atomic E-state index is 11.1. The van der Waals surface area contributed by atoms with Crippen LogP contribution in [0.15, 0.2) is 0 Å². The molecule has 4 nitrogen and oxygen atoms in total. The fraction of sp³-hybridized carbons (Fsp3) is 0.900. The minimum Gasteiger partial charge on any atom is -0.481 e. The van der Waals surface area contributed by atoms with Gasteiger partial charge in [-0.3, -0.25) is 4.79 Å². The lowest BCUT2D eigenvalue weighted by atomic mass is 9.72. The molecule has 4 heteroatoms. The Morgan fingerprint density at radius 2 is 2.43 bits per heavy atom. The summed E-state index contributed by atoms with van der Waals surface area (Å²) < 4.78 is 5.45. The quantitative estimate of drug-likeness (QED) is 0.665. The molecule has 0 aromatic carbocycles. The van der Waals surface area contributed by atoms with E-state index in [-0.39, 0.29) is 11.3 Å². The van der Waals surface area contributed by atoms with Crippen molar-refractivity contribution in [3.63, 3.8) is 0 Å². The molecule has 2 heterocycles. The minimum atomic E-state index is -0.649. The van der Waals surface area contributed by atoms with Gasteiger partial charge in [-0.25, -0.2) is 0 Å². The van der Waals surface area contributed by atoms with Crippen molar-refractivity contribution in [1.29, 1.82) is 0 Å². The molecule has 2 rings (SSSR count). The summed E-state index contributed by atoms with van der Waals surface area (Å²) in [6.07, 6.45) is 1.63. The Bertz CT molecular complexity index is 240. The molecule has 80 valence electrons. The molecule has 2 aliphatic rings. The predicted molar refractivity (Wildman–Crippen MR) is 51.1 cm³/mol. The van der Waals surface area contributed by atoms with E-state index in [0.29, 0.717) is 19.6 Å². The SMILES string of the molecule is CN1CCC2(COCCC2C(=O)O)C1. The van der Waals surface area contributed by atoms with E-state index < -0.39 is 5.97 Å². The molecule has 2 fully saturated rings. The summed E-state index contributed by atoms with van der Waals surface area (Å²) >= 11 is 0. The van der Waals surface area contributed by atoms with Gasteiger partial charge in [-0.1, -0.05) is 0 Å². The van der Waals surface area contributed by atoms with Crippen LogP contribution in [-0.4, -0.2) is 49.3 Å². The fourth-order valence-corrected chi connectivity index (χ4v) is 2.78. The molecular formula is C10H17NO3.